The molecule has 1 aliphatic carbocycles. The summed E-state index contributed by atoms with van der Waals surface area (Å²) < 4.78 is 5.86. The van der Waals surface area contributed by atoms with E-state index in [9.17, 15) is 0 Å². The van der Waals surface area contributed by atoms with Crippen LogP contribution in [0.25, 0.3) is 0 Å². The quantitative estimate of drug-likeness (QED) is 0.874. The first kappa shape index (κ1) is 14.9. The van der Waals surface area contributed by atoms with E-state index in [-0.39, 0.29) is 0 Å². The fraction of sp³-hybridized carbons (Fsp3) is 0.684. The molecule has 2 N–H and O–H groups in total. The van der Waals surface area contributed by atoms with Gasteiger partial charge in [0.15, 0.2) is 0 Å². The molecule has 3 rings (SSSR count). The van der Waals surface area contributed by atoms with Crippen molar-refractivity contribution in [1.82, 2.24) is 0 Å². The average Bonchev–Trinajstić information content (AvgIpc) is 2.91. The molecule has 4 atom stereocenters. The standard InChI is InChI=1S/C19H29NO/c1-2-5-14-8-9-15(12-20)16(10-14)11-17-13-21-19-7-4-3-6-18(17)19/h3-4,6-7,14-17H,2,5,8-13,20H2,1H3. The van der Waals surface area contributed by atoms with E-state index in [0.717, 1.165) is 36.7 Å². The van der Waals surface area contributed by atoms with Gasteiger partial charge in [-0.25, -0.2) is 0 Å². The normalized spacial score (nSPS) is 31.7. The van der Waals surface area contributed by atoms with E-state index in [1.807, 2.05) is 0 Å². The number of fused-ring (bicyclic) bond motifs is 1. The van der Waals surface area contributed by atoms with Gasteiger partial charge in [-0.2, -0.15) is 0 Å². The predicted molar refractivity (Wildman–Crippen MR) is 87.6 cm³/mol. The first-order valence-corrected chi connectivity index (χ1v) is 8.73. The van der Waals surface area contributed by atoms with Gasteiger partial charge in [-0.15, -0.1) is 0 Å². The Morgan fingerprint density at radius 1 is 1.19 bits per heavy atom. The Bertz CT molecular complexity index is 459. The Kier molecular flexibility index (Phi) is 4.84. The van der Waals surface area contributed by atoms with E-state index in [0.29, 0.717) is 5.92 Å². The fourth-order valence-electron chi connectivity index (χ4n) is 4.48. The van der Waals surface area contributed by atoms with Crippen LogP contribution in [0, 0.1) is 17.8 Å². The molecule has 1 aliphatic heterocycles. The monoisotopic (exact) mass is 287 g/mol. The maximum Gasteiger partial charge on any atom is 0.122 e. The van der Waals surface area contributed by atoms with Crippen molar-refractivity contribution in [1.29, 1.82) is 0 Å². The van der Waals surface area contributed by atoms with Crippen LogP contribution in [0.3, 0.4) is 0 Å². The maximum absolute atomic E-state index is 6.05. The number of benzene rings is 1. The van der Waals surface area contributed by atoms with Crippen LogP contribution in [0.4, 0.5) is 0 Å². The van der Waals surface area contributed by atoms with Crippen molar-refractivity contribution in [2.75, 3.05) is 13.2 Å². The van der Waals surface area contributed by atoms with Gasteiger partial charge in [0.25, 0.3) is 0 Å². The van der Waals surface area contributed by atoms with E-state index in [1.54, 1.807) is 0 Å². The maximum atomic E-state index is 6.05. The van der Waals surface area contributed by atoms with Crippen molar-refractivity contribution < 1.29 is 4.74 Å². The summed E-state index contributed by atoms with van der Waals surface area (Å²) in [5.41, 5.74) is 7.47. The molecule has 0 saturated heterocycles. The van der Waals surface area contributed by atoms with Crippen molar-refractivity contribution in [2.24, 2.45) is 23.5 Å². The zero-order chi connectivity index (χ0) is 14.7. The van der Waals surface area contributed by atoms with Crippen molar-refractivity contribution in [2.45, 2.75) is 51.4 Å². The van der Waals surface area contributed by atoms with E-state index in [4.69, 9.17) is 10.5 Å². The van der Waals surface area contributed by atoms with Gasteiger partial charge in [-0.05, 0) is 49.6 Å². The van der Waals surface area contributed by atoms with Gasteiger partial charge in [0.05, 0.1) is 6.61 Å². The molecule has 1 aromatic rings. The number of rotatable bonds is 5. The third kappa shape index (κ3) is 3.26. The second-order valence-corrected chi connectivity index (χ2v) is 7.01. The van der Waals surface area contributed by atoms with E-state index < -0.39 is 0 Å². The summed E-state index contributed by atoms with van der Waals surface area (Å²) in [5.74, 6) is 4.14. The zero-order valence-corrected chi connectivity index (χ0v) is 13.3. The molecule has 0 spiro atoms. The Morgan fingerprint density at radius 2 is 2.05 bits per heavy atom. The summed E-state index contributed by atoms with van der Waals surface area (Å²) in [5, 5.41) is 0. The lowest BCUT2D eigenvalue weighted by molar-refractivity contribution is 0.154. The zero-order valence-electron chi connectivity index (χ0n) is 13.3. The summed E-state index contributed by atoms with van der Waals surface area (Å²) in [6, 6.07) is 8.57. The lowest BCUT2D eigenvalue weighted by atomic mass is 9.69. The number of ether oxygens (including phenoxy) is 1. The molecule has 0 radical (unpaired) electrons. The molecule has 1 saturated carbocycles. The number of para-hydroxylation sites is 1. The third-order valence-electron chi connectivity index (χ3n) is 5.63. The number of hydrogen-bond acceptors (Lipinski definition) is 2. The summed E-state index contributed by atoms with van der Waals surface area (Å²) in [7, 11) is 0. The van der Waals surface area contributed by atoms with E-state index >= 15 is 0 Å². The van der Waals surface area contributed by atoms with E-state index in [1.165, 1.54) is 44.1 Å². The predicted octanol–water partition coefficient (Wildman–Crippen LogP) is 4.34. The average molecular weight is 287 g/mol. The van der Waals surface area contributed by atoms with Crippen molar-refractivity contribution >= 4 is 0 Å². The fourth-order valence-corrected chi connectivity index (χ4v) is 4.48. The molecular formula is C19H29NO. The summed E-state index contributed by atoms with van der Waals surface area (Å²) in [6.07, 6.45) is 8.09. The van der Waals surface area contributed by atoms with Crippen LogP contribution in [-0.4, -0.2) is 13.2 Å². The topological polar surface area (TPSA) is 35.2 Å². The van der Waals surface area contributed by atoms with Crippen LogP contribution in [0.1, 0.15) is 56.9 Å². The smallest absolute Gasteiger partial charge is 0.122 e. The second-order valence-electron chi connectivity index (χ2n) is 7.01. The van der Waals surface area contributed by atoms with Gasteiger partial charge in [0.1, 0.15) is 5.75 Å². The highest BCUT2D eigenvalue weighted by molar-refractivity contribution is 5.39. The first-order valence-electron chi connectivity index (χ1n) is 8.73. The second kappa shape index (κ2) is 6.83. The van der Waals surface area contributed by atoms with E-state index in [2.05, 4.69) is 31.2 Å². The molecule has 1 fully saturated rings. The molecule has 0 amide bonds. The van der Waals surface area contributed by atoms with Gasteiger partial charge in [0, 0.05) is 11.5 Å². The van der Waals surface area contributed by atoms with Crippen LogP contribution >= 0.6 is 0 Å². The SMILES string of the molecule is CCCC1CCC(CN)C(CC2COc3ccccc32)C1. The Labute approximate surface area is 129 Å². The van der Waals surface area contributed by atoms with Crippen LogP contribution in [0.5, 0.6) is 5.75 Å². The highest BCUT2D eigenvalue weighted by atomic mass is 16.5. The highest BCUT2D eigenvalue weighted by Gasteiger charge is 2.33. The molecule has 21 heavy (non-hydrogen) atoms. The van der Waals surface area contributed by atoms with Crippen molar-refractivity contribution in [3.63, 3.8) is 0 Å². The molecular weight excluding hydrogens is 258 g/mol. The van der Waals surface area contributed by atoms with Crippen molar-refractivity contribution in [3.05, 3.63) is 29.8 Å². The number of hydrogen-bond donors (Lipinski definition) is 1. The minimum atomic E-state index is 0.584. The molecule has 4 unspecified atom stereocenters. The lowest BCUT2D eigenvalue weighted by Crippen LogP contribution is -2.31. The molecule has 1 heterocycles. The minimum absolute atomic E-state index is 0.584. The van der Waals surface area contributed by atoms with Gasteiger partial charge >= 0.3 is 0 Å². The molecule has 0 aromatic heterocycles. The van der Waals surface area contributed by atoms with Gasteiger partial charge < -0.3 is 10.5 Å². The largest absolute Gasteiger partial charge is 0.493 e. The van der Waals surface area contributed by atoms with Crippen molar-refractivity contribution in [3.8, 4) is 5.75 Å². The lowest BCUT2D eigenvalue weighted by Gasteiger charge is -2.37. The summed E-state index contributed by atoms with van der Waals surface area (Å²) in [4.78, 5) is 0. The molecule has 0 bridgehead atoms. The molecule has 2 aliphatic rings. The third-order valence-corrected chi connectivity index (χ3v) is 5.63. The summed E-state index contributed by atoms with van der Waals surface area (Å²) >= 11 is 0. The number of nitrogens with two attached hydrogens (primary N) is 1. The Morgan fingerprint density at radius 3 is 2.86 bits per heavy atom. The van der Waals surface area contributed by atoms with Crippen LogP contribution in [0.2, 0.25) is 0 Å². The Hall–Kier alpha value is -1.02. The molecule has 2 nitrogen and oxygen atoms in total. The first-order chi connectivity index (χ1) is 10.3. The Balaban J connectivity index is 1.67. The van der Waals surface area contributed by atoms with Gasteiger partial charge in [0.2, 0.25) is 0 Å². The van der Waals surface area contributed by atoms with Crippen LogP contribution < -0.4 is 10.5 Å². The molecule has 116 valence electrons. The summed E-state index contributed by atoms with van der Waals surface area (Å²) in [6.45, 7) is 4.04. The highest BCUT2D eigenvalue weighted by Crippen LogP contribution is 2.44. The van der Waals surface area contributed by atoms with Crippen LogP contribution in [-0.2, 0) is 0 Å². The minimum Gasteiger partial charge on any atom is -0.493 e. The van der Waals surface area contributed by atoms with Crippen LogP contribution in [0.15, 0.2) is 24.3 Å². The van der Waals surface area contributed by atoms with Gasteiger partial charge in [-0.1, -0.05) is 44.4 Å². The molecule has 1 aromatic carbocycles. The molecule has 2 heteroatoms. The van der Waals surface area contributed by atoms with Gasteiger partial charge in [-0.3, -0.25) is 0 Å².